The number of hydrogen-bond acceptors (Lipinski definition) is 4. The van der Waals surface area contributed by atoms with Crippen LogP contribution in [0.15, 0.2) is 18.2 Å². The smallest absolute Gasteiger partial charge is 0.251 e. The minimum Gasteiger partial charge on any atom is -0.352 e. The fraction of sp³-hybridized carbons (Fsp3) is 0.650. The molecule has 2 atom stereocenters. The van der Waals surface area contributed by atoms with E-state index in [2.05, 4.69) is 24.1 Å². The van der Waals surface area contributed by atoms with Crippen molar-refractivity contribution in [3.05, 3.63) is 29.3 Å². The highest BCUT2D eigenvalue weighted by atomic mass is 32.2. The van der Waals surface area contributed by atoms with Crippen molar-refractivity contribution in [1.82, 2.24) is 10.2 Å². The number of piperidine rings is 1. The number of amides is 1. The average Bonchev–Trinajstić information content (AvgIpc) is 2.56. The molecule has 1 N–H and O–H groups in total. The number of carbonyl (C=O) groups is 1. The Hall–Kier alpha value is -1.60. The van der Waals surface area contributed by atoms with Crippen molar-refractivity contribution in [1.29, 1.82) is 0 Å². The van der Waals surface area contributed by atoms with Crippen LogP contribution in [0.5, 0.6) is 0 Å². The summed E-state index contributed by atoms with van der Waals surface area (Å²) in [6.45, 7) is 10.3. The molecule has 0 spiro atoms. The van der Waals surface area contributed by atoms with Crippen LogP contribution in [0.25, 0.3) is 0 Å². The summed E-state index contributed by atoms with van der Waals surface area (Å²) in [5, 5.41) is 2.95. The maximum Gasteiger partial charge on any atom is 0.251 e. The summed E-state index contributed by atoms with van der Waals surface area (Å²) in [7, 11) is -1.87. The first-order valence-corrected chi connectivity index (χ1v) is 11.5. The van der Waals surface area contributed by atoms with Crippen LogP contribution in [0.2, 0.25) is 0 Å². The summed E-state index contributed by atoms with van der Waals surface area (Å²) in [6.07, 6.45) is 3.36. The molecule has 0 aliphatic carbocycles. The van der Waals surface area contributed by atoms with Gasteiger partial charge in [0.1, 0.15) is 0 Å². The van der Waals surface area contributed by atoms with Gasteiger partial charge in [-0.05, 0) is 55.8 Å². The number of aryl methyl sites for hydroxylation is 1. The third-order valence-corrected chi connectivity index (χ3v) is 6.38. The van der Waals surface area contributed by atoms with Crippen LogP contribution in [0.1, 0.15) is 42.6 Å². The van der Waals surface area contributed by atoms with Crippen molar-refractivity contribution in [3.63, 3.8) is 0 Å². The van der Waals surface area contributed by atoms with Gasteiger partial charge in [-0.3, -0.25) is 9.10 Å². The summed E-state index contributed by atoms with van der Waals surface area (Å²) in [5.74, 6) is 1.31. The summed E-state index contributed by atoms with van der Waals surface area (Å²) in [6, 6.07) is 5.15. The van der Waals surface area contributed by atoms with Crippen LogP contribution in [-0.2, 0) is 10.0 Å². The fourth-order valence-electron chi connectivity index (χ4n) is 3.85. The van der Waals surface area contributed by atoms with Crippen molar-refractivity contribution in [2.75, 3.05) is 43.8 Å². The predicted molar refractivity (Wildman–Crippen MR) is 111 cm³/mol. The molecule has 1 amide bonds. The first-order valence-electron chi connectivity index (χ1n) is 9.63. The zero-order valence-electron chi connectivity index (χ0n) is 17.2. The number of benzene rings is 1. The van der Waals surface area contributed by atoms with Crippen LogP contribution < -0.4 is 9.62 Å². The number of nitrogens with one attached hydrogen (secondary N) is 1. The Bertz CT molecular complexity index is 754. The lowest BCUT2D eigenvalue weighted by Gasteiger charge is -2.34. The molecule has 2 rings (SSSR count). The summed E-state index contributed by atoms with van der Waals surface area (Å²) < 4.78 is 24.8. The van der Waals surface area contributed by atoms with E-state index in [1.807, 2.05) is 6.92 Å². The lowest BCUT2D eigenvalue weighted by Crippen LogP contribution is -2.40. The molecule has 1 aliphatic heterocycles. The second-order valence-corrected chi connectivity index (χ2v) is 10.1. The number of carbonyl (C=O) groups excluding carboxylic acids is 1. The van der Waals surface area contributed by atoms with Crippen LogP contribution >= 0.6 is 0 Å². The normalized spacial score (nSPS) is 21.1. The molecule has 0 aromatic heterocycles. The largest absolute Gasteiger partial charge is 0.352 e. The quantitative estimate of drug-likeness (QED) is 0.720. The van der Waals surface area contributed by atoms with E-state index in [9.17, 15) is 13.2 Å². The molecular formula is C20H33N3O3S. The first kappa shape index (κ1) is 21.7. The van der Waals surface area contributed by atoms with E-state index in [0.717, 1.165) is 49.7 Å². The van der Waals surface area contributed by atoms with E-state index < -0.39 is 10.0 Å². The number of sulfonamides is 1. The van der Waals surface area contributed by atoms with Gasteiger partial charge in [0.25, 0.3) is 5.91 Å². The Labute approximate surface area is 164 Å². The van der Waals surface area contributed by atoms with Gasteiger partial charge in [-0.2, -0.15) is 0 Å². The van der Waals surface area contributed by atoms with Crippen LogP contribution in [0, 0.1) is 18.8 Å². The maximum atomic E-state index is 12.4. The van der Waals surface area contributed by atoms with E-state index in [1.54, 1.807) is 18.2 Å². The molecule has 1 fully saturated rings. The topological polar surface area (TPSA) is 69.7 Å². The molecular weight excluding hydrogens is 362 g/mol. The van der Waals surface area contributed by atoms with Gasteiger partial charge in [0, 0.05) is 32.2 Å². The van der Waals surface area contributed by atoms with Crippen molar-refractivity contribution >= 4 is 21.6 Å². The molecule has 0 bridgehead atoms. The minimum absolute atomic E-state index is 0.168. The number of rotatable bonds is 7. The first-order chi connectivity index (χ1) is 12.6. The van der Waals surface area contributed by atoms with Gasteiger partial charge in [-0.25, -0.2) is 8.42 Å². The highest BCUT2D eigenvalue weighted by Gasteiger charge is 2.21. The molecule has 0 unspecified atom stereocenters. The van der Waals surface area contributed by atoms with Gasteiger partial charge >= 0.3 is 0 Å². The molecule has 152 valence electrons. The predicted octanol–water partition coefficient (Wildman–Crippen LogP) is 2.49. The van der Waals surface area contributed by atoms with Crippen molar-refractivity contribution in [3.8, 4) is 0 Å². The SMILES string of the molecule is Cc1ccc(C(=O)NCCCN2C[C@H](C)C[C@H](C)C2)cc1N(C)S(C)(=O)=O. The Kier molecular flexibility index (Phi) is 7.28. The van der Waals surface area contributed by atoms with E-state index in [-0.39, 0.29) is 5.91 Å². The Balaban J connectivity index is 1.89. The third kappa shape index (κ3) is 6.21. The second kappa shape index (κ2) is 9.06. The summed E-state index contributed by atoms with van der Waals surface area (Å²) in [5.41, 5.74) is 1.82. The summed E-state index contributed by atoms with van der Waals surface area (Å²) >= 11 is 0. The average molecular weight is 396 g/mol. The van der Waals surface area contributed by atoms with E-state index in [0.29, 0.717) is 17.8 Å². The van der Waals surface area contributed by atoms with Crippen LogP contribution in [0.3, 0.4) is 0 Å². The molecule has 27 heavy (non-hydrogen) atoms. The lowest BCUT2D eigenvalue weighted by molar-refractivity contribution is 0.0947. The second-order valence-electron chi connectivity index (χ2n) is 8.05. The zero-order valence-corrected chi connectivity index (χ0v) is 18.0. The van der Waals surface area contributed by atoms with E-state index >= 15 is 0 Å². The van der Waals surface area contributed by atoms with Gasteiger partial charge in [0.2, 0.25) is 10.0 Å². The Morgan fingerprint density at radius 1 is 1.26 bits per heavy atom. The van der Waals surface area contributed by atoms with Gasteiger partial charge in [0.15, 0.2) is 0 Å². The number of likely N-dealkylation sites (tertiary alicyclic amines) is 1. The lowest BCUT2D eigenvalue weighted by atomic mass is 9.92. The Morgan fingerprint density at radius 3 is 2.48 bits per heavy atom. The summed E-state index contributed by atoms with van der Waals surface area (Å²) in [4.78, 5) is 14.9. The molecule has 1 aromatic rings. The molecule has 1 saturated heterocycles. The number of hydrogen-bond donors (Lipinski definition) is 1. The van der Waals surface area contributed by atoms with Gasteiger partial charge in [-0.1, -0.05) is 19.9 Å². The molecule has 1 heterocycles. The highest BCUT2D eigenvalue weighted by Crippen LogP contribution is 2.23. The van der Waals surface area contributed by atoms with Crippen molar-refractivity contribution in [2.24, 2.45) is 11.8 Å². The van der Waals surface area contributed by atoms with Crippen LogP contribution in [-0.4, -0.2) is 58.7 Å². The van der Waals surface area contributed by atoms with Gasteiger partial charge in [0.05, 0.1) is 11.9 Å². The maximum absolute atomic E-state index is 12.4. The molecule has 0 saturated carbocycles. The third-order valence-electron chi connectivity index (χ3n) is 5.19. The number of anilines is 1. The van der Waals surface area contributed by atoms with E-state index in [4.69, 9.17) is 0 Å². The molecule has 1 aliphatic rings. The van der Waals surface area contributed by atoms with Gasteiger partial charge in [-0.15, -0.1) is 0 Å². The van der Waals surface area contributed by atoms with Crippen molar-refractivity contribution in [2.45, 2.75) is 33.6 Å². The fourth-order valence-corrected chi connectivity index (χ4v) is 4.40. The Morgan fingerprint density at radius 2 is 1.89 bits per heavy atom. The highest BCUT2D eigenvalue weighted by molar-refractivity contribution is 7.92. The molecule has 7 heteroatoms. The van der Waals surface area contributed by atoms with Crippen molar-refractivity contribution < 1.29 is 13.2 Å². The number of nitrogens with zero attached hydrogens (tertiary/aromatic N) is 2. The van der Waals surface area contributed by atoms with Gasteiger partial charge < -0.3 is 10.2 Å². The monoisotopic (exact) mass is 395 g/mol. The minimum atomic E-state index is -3.37. The molecule has 0 radical (unpaired) electrons. The standard InChI is InChI=1S/C20H33N3O3S/c1-15-11-16(2)14-23(13-15)10-6-9-21-20(24)18-8-7-17(3)19(12-18)22(4)27(5,25)26/h7-8,12,15-16H,6,9-11,13-14H2,1-5H3,(H,21,24)/t15-,16+. The molecule has 1 aromatic carbocycles. The molecule has 6 nitrogen and oxygen atoms in total. The van der Waals surface area contributed by atoms with E-state index in [1.165, 1.54) is 17.8 Å². The zero-order chi connectivity index (χ0) is 20.2. The van der Waals surface area contributed by atoms with Crippen LogP contribution in [0.4, 0.5) is 5.69 Å².